The number of nitrogens with zero attached hydrogens (tertiary/aromatic N) is 1. The molecule has 0 radical (unpaired) electrons. The van der Waals surface area contributed by atoms with Gasteiger partial charge in [0.1, 0.15) is 11.4 Å². The molecule has 0 atom stereocenters. The predicted molar refractivity (Wildman–Crippen MR) is 115 cm³/mol. The highest BCUT2D eigenvalue weighted by Gasteiger charge is 2.19. The van der Waals surface area contributed by atoms with E-state index in [1.54, 1.807) is 0 Å². The third-order valence-corrected chi connectivity index (χ3v) is 4.75. The molecule has 0 aliphatic carbocycles. The number of aliphatic imine (C=N–C) groups is 1. The summed E-state index contributed by atoms with van der Waals surface area (Å²) >= 11 is 0. The van der Waals surface area contributed by atoms with Crippen LogP contribution in [0.4, 0.5) is 11.4 Å². The highest BCUT2D eigenvalue weighted by Crippen LogP contribution is 2.38. The van der Waals surface area contributed by atoms with Crippen molar-refractivity contribution in [3.63, 3.8) is 0 Å². The minimum absolute atomic E-state index is 0.109. The van der Waals surface area contributed by atoms with E-state index in [0.717, 1.165) is 34.0 Å². The van der Waals surface area contributed by atoms with Crippen LogP contribution in [0.3, 0.4) is 0 Å². The number of amides is 1. The van der Waals surface area contributed by atoms with Gasteiger partial charge in [-0.25, -0.2) is 4.99 Å². The zero-order valence-corrected chi connectivity index (χ0v) is 16.2. The summed E-state index contributed by atoms with van der Waals surface area (Å²) < 4.78 is 17.2. The monoisotopic (exact) mass is 398 g/mol. The van der Waals surface area contributed by atoms with Gasteiger partial charge in [-0.05, 0) is 42.5 Å². The number of benzene rings is 3. The molecule has 6 nitrogen and oxygen atoms in total. The predicted octanol–water partition coefficient (Wildman–Crippen LogP) is 4.93. The first-order valence-electron chi connectivity index (χ1n) is 9.51. The van der Waals surface area contributed by atoms with Crippen molar-refractivity contribution in [2.24, 2.45) is 4.99 Å². The number of carbonyl (C=O) groups is 1. The number of nitrogens with one attached hydrogen (secondary N) is 1. The van der Waals surface area contributed by atoms with Gasteiger partial charge < -0.3 is 19.5 Å². The van der Waals surface area contributed by atoms with Gasteiger partial charge in [-0.3, -0.25) is 4.79 Å². The van der Waals surface area contributed by atoms with E-state index in [1.807, 2.05) is 72.8 Å². The third-order valence-electron chi connectivity index (χ3n) is 4.75. The molecule has 2 aliphatic heterocycles. The molecule has 3 aromatic rings. The van der Waals surface area contributed by atoms with Crippen LogP contribution in [0.5, 0.6) is 17.2 Å². The van der Waals surface area contributed by atoms with Gasteiger partial charge in [-0.1, -0.05) is 24.3 Å². The SMILES string of the molecule is CC(=O)Nc1ccc(C2=Nc3ccccc3OC(c3ccc4c(c3)OCO4)=C2)cc1. The second kappa shape index (κ2) is 7.40. The molecule has 0 saturated carbocycles. The average Bonchev–Trinajstić information content (AvgIpc) is 3.13. The lowest BCUT2D eigenvalue weighted by molar-refractivity contribution is -0.114. The fourth-order valence-corrected chi connectivity index (χ4v) is 3.34. The Bertz CT molecular complexity index is 1200. The standard InChI is InChI=1S/C24H18N2O4/c1-15(27)25-18-9-6-16(7-10-18)20-13-23(30-21-5-3-2-4-19(21)26-20)17-8-11-22-24(12-17)29-14-28-22/h2-13H,14H2,1H3,(H,25,27). The van der Waals surface area contributed by atoms with Crippen LogP contribution in [0.2, 0.25) is 0 Å². The van der Waals surface area contributed by atoms with E-state index in [9.17, 15) is 4.79 Å². The molecule has 0 unspecified atom stereocenters. The minimum atomic E-state index is -0.109. The molecule has 5 rings (SSSR count). The summed E-state index contributed by atoms with van der Waals surface area (Å²) in [6, 6.07) is 20.9. The van der Waals surface area contributed by atoms with E-state index >= 15 is 0 Å². The fourth-order valence-electron chi connectivity index (χ4n) is 3.34. The Labute approximate surface area is 173 Å². The quantitative estimate of drug-likeness (QED) is 0.679. The van der Waals surface area contributed by atoms with E-state index in [4.69, 9.17) is 19.2 Å². The molecule has 3 aromatic carbocycles. The summed E-state index contributed by atoms with van der Waals surface area (Å²) in [5.74, 6) is 2.62. The molecule has 0 fully saturated rings. The summed E-state index contributed by atoms with van der Waals surface area (Å²) in [5, 5.41) is 2.78. The summed E-state index contributed by atoms with van der Waals surface area (Å²) in [4.78, 5) is 16.1. The molecule has 6 heteroatoms. The van der Waals surface area contributed by atoms with Crippen LogP contribution in [0, 0.1) is 0 Å². The Hall–Kier alpha value is -4.06. The lowest BCUT2D eigenvalue weighted by atomic mass is 10.1. The molecule has 1 amide bonds. The summed E-state index contributed by atoms with van der Waals surface area (Å²) in [6.45, 7) is 1.70. The maximum Gasteiger partial charge on any atom is 0.231 e. The van der Waals surface area contributed by atoms with Crippen LogP contribution in [0.1, 0.15) is 18.1 Å². The van der Waals surface area contributed by atoms with Gasteiger partial charge in [0, 0.05) is 29.8 Å². The first-order valence-corrected chi connectivity index (χ1v) is 9.51. The van der Waals surface area contributed by atoms with Crippen LogP contribution < -0.4 is 19.5 Å². The van der Waals surface area contributed by atoms with Crippen molar-refractivity contribution in [1.82, 2.24) is 0 Å². The van der Waals surface area contributed by atoms with Gasteiger partial charge in [-0.15, -0.1) is 0 Å². The summed E-state index contributed by atoms with van der Waals surface area (Å²) in [6.07, 6.45) is 1.91. The summed E-state index contributed by atoms with van der Waals surface area (Å²) in [5.41, 5.74) is 3.99. The normalized spacial score (nSPS) is 14.0. The lowest BCUT2D eigenvalue weighted by Gasteiger charge is -2.10. The van der Waals surface area contributed by atoms with Crippen LogP contribution >= 0.6 is 0 Å². The van der Waals surface area contributed by atoms with Crippen LogP contribution in [-0.4, -0.2) is 18.4 Å². The van der Waals surface area contributed by atoms with Crippen LogP contribution in [0.25, 0.3) is 5.76 Å². The second-order valence-electron chi connectivity index (χ2n) is 6.90. The Morgan fingerprint density at radius 1 is 0.900 bits per heavy atom. The van der Waals surface area contributed by atoms with Crippen molar-refractivity contribution in [3.05, 3.63) is 83.9 Å². The van der Waals surface area contributed by atoms with Crippen molar-refractivity contribution in [3.8, 4) is 17.2 Å². The number of fused-ring (bicyclic) bond motifs is 2. The van der Waals surface area contributed by atoms with E-state index in [2.05, 4.69) is 5.32 Å². The van der Waals surface area contributed by atoms with Gasteiger partial charge in [0.2, 0.25) is 12.7 Å². The molecule has 2 aliphatic rings. The summed E-state index contributed by atoms with van der Waals surface area (Å²) in [7, 11) is 0. The molecule has 0 aromatic heterocycles. The lowest BCUT2D eigenvalue weighted by Crippen LogP contribution is -2.06. The number of hydrogen-bond donors (Lipinski definition) is 1. The number of ether oxygens (including phenoxy) is 3. The number of rotatable bonds is 3. The van der Waals surface area contributed by atoms with Crippen molar-refractivity contribution in [2.75, 3.05) is 12.1 Å². The Balaban J connectivity index is 1.58. The van der Waals surface area contributed by atoms with Gasteiger partial charge in [-0.2, -0.15) is 0 Å². The van der Waals surface area contributed by atoms with Gasteiger partial charge in [0.25, 0.3) is 0 Å². The zero-order valence-electron chi connectivity index (χ0n) is 16.2. The molecule has 0 saturated heterocycles. The first-order chi connectivity index (χ1) is 14.7. The fraction of sp³-hybridized carbons (Fsp3) is 0.0833. The minimum Gasteiger partial charge on any atom is -0.454 e. The number of anilines is 1. The number of para-hydroxylation sites is 2. The van der Waals surface area contributed by atoms with Gasteiger partial charge in [0.05, 0.1) is 5.71 Å². The van der Waals surface area contributed by atoms with Crippen LogP contribution in [-0.2, 0) is 4.79 Å². The molecule has 0 bridgehead atoms. The van der Waals surface area contributed by atoms with E-state index in [1.165, 1.54) is 6.92 Å². The number of allylic oxidation sites excluding steroid dienone is 1. The topological polar surface area (TPSA) is 69.2 Å². The molecule has 2 heterocycles. The van der Waals surface area contributed by atoms with Crippen molar-refractivity contribution >= 4 is 28.8 Å². The Morgan fingerprint density at radius 3 is 2.50 bits per heavy atom. The molecular weight excluding hydrogens is 380 g/mol. The first kappa shape index (κ1) is 18.0. The highest BCUT2D eigenvalue weighted by atomic mass is 16.7. The highest BCUT2D eigenvalue weighted by molar-refractivity contribution is 6.14. The molecule has 148 valence electrons. The van der Waals surface area contributed by atoms with Crippen LogP contribution in [0.15, 0.2) is 77.8 Å². The largest absolute Gasteiger partial charge is 0.454 e. The number of hydrogen-bond acceptors (Lipinski definition) is 5. The maximum atomic E-state index is 11.3. The van der Waals surface area contributed by atoms with Crippen molar-refractivity contribution in [1.29, 1.82) is 0 Å². The smallest absolute Gasteiger partial charge is 0.231 e. The zero-order chi connectivity index (χ0) is 20.5. The Morgan fingerprint density at radius 2 is 1.67 bits per heavy atom. The van der Waals surface area contributed by atoms with E-state index in [0.29, 0.717) is 17.3 Å². The van der Waals surface area contributed by atoms with Gasteiger partial charge in [0.15, 0.2) is 17.2 Å². The molecule has 0 spiro atoms. The van der Waals surface area contributed by atoms with Crippen molar-refractivity contribution < 1.29 is 19.0 Å². The van der Waals surface area contributed by atoms with E-state index in [-0.39, 0.29) is 12.7 Å². The second-order valence-corrected chi connectivity index (χ2v) is 6.90. The van der Waals surface area contributed by atoms with E-state index < -0.39 is 0 Å². The molecule has 30 heavy (non-hydrogen) atoms. The number of carbonyl (C=O) groups excluding carboxylic acids is 1. The van der Waals surface area contributed by atoms with Gasteiger partial charge >= 0.3 is 0 Å². The molecule has 1 N–H and O–H groups in total. The molecular formula is C24H18N2O4. The third kappa shape index (κ3) is 3.51. The average molecular weight is 398 g/mol. The van der Waals surface area contributed by atoms with Crippen molar-refractivity contribution in [2.45, 2.75) is 6.92 Å². The Kier molecular flexibility index (Phi) is 4.44. The maximum absolute atomic E-state index is 11.3.